The predicted molar refractivity (Wildman–Crippen MR) is 125 cm³/mol. The van der Waals surface area contributed by atoms with Gasteiger partial charge in [-0.05, 0) is 32.9 Å². The first-order chi connectivity index (χ1) is 15.7. The summed E-state index contributed by atoms with van der Waals surface area (Å²) in [4.78, 5) is 15.9. The van der Waals surface area contributed by atoms with Gasteiger partial charge in [0.2, 0.25) is 0 Å². The van der Waals surface area contributed by atoms with Crippen molar-refractivity contribution in [3.05, 3.63) is 47.3 Å². The van der Waals surface area contributed by atoms with E-state index in [-0.39, 0.29) is 31.2 Å². The van der Waals surface area contributed by atoms with Gasteiger partial charge in [0.1, 0.15) is 5.76 Å². The van der Waals surface area contributed by atoms with Gasteiger partial charge in [0.25, 0.3) is 16.1 Å². The van der Waals surface area contributed by atoms with Gasteiger partial charge in [-0.2, -0.15) is 17.0 Å². The maximum atomic E-state index is 13.3. The minimum atomic E-state index is -3.58. The van der Waals surface area contributed by atoms with E-state index in [0.29, 0.717) is 37.5 Å². The third-order valence-corrected chi connectivity index (χ3v) is 8.79. The van der Waals surface area contributed by atoms with E-state index in [4.69, 9.17) is 9.26 Å². The SMILES string of the molecule is Cc1cc(CSc2ccccc2C(=O)N2CCN(S(=O)(=O)N3CC(C)OC(C)C3)CC2)on1. The maximum Gasteiger partial charge on any atom is 0.282 e. The molecule has 0 aliphatic carbocycles. The fraction of sp³-hybridized carbons (Fsp3) is 0.545. The summed E-state index contributed by atoms with van der Waals surface area (Å²) in [5.74, 6) is 1.25. The predicted octanol–water partition coefficient (Wildman–Crippen LogP) is 2.39. The maximum absolute atomic E-state index is 13.3. The van der Waals surface area contributed by atoms with Gasteiger partial charge in [-0.25, -0.2) is 0 Å². The second kappa shape index (κ2) is 10.1. The number of carbonyl (C=O) groups excluding carboxylic acids is 1. The molecular weight excluding hydrogens is 464 g/mol. The molecule has 180 valence electrons. The number of aromatic nitrogens is 1. The molecular formula is C22H30N4O5S2. The molecule has 1 aromatic carbocycles. The molecule has 0 spiro atoms. The van der Waals surface area contributed by atoms with Crippen LogP contribution >= 0.6 is 11.8 Å². The number of ether oxygens (including phenoxy) is 1. The van der Waals surface area contributed by atoms with Crippen LogP contribution in [0.25, 0.3) is 0 Å². The topological polar surface area (TPSA) is 96.2 Å². The van der Waals surface area contributed by atoms with Crippen molar-refractivity contribution in [2.75, 3.05) is 39.3 Å². The van der Waals surface area contributed by atoms with E-state index in [9.17, 15) is 13.2 Å². The second-order valence-electron chi connectivity index (χ2n) is 8.49. The molecule has 2 fully saturated rings. The molecule has 2 aliphatic heterocycles. The van der Waals surface area contributed by atoms with Crippen molar-refractivity contribution in [2.45, 2.75) is 43.6 Å². The van der Waals surface area contributed by atoms with Gasteiger partial charge in [-0.15, -0.1) is 11.8 Å². The Morgan fingerprint density at radius 1 is 1.09 bits per heavy atom. The van der Waals surface area contributed by atoms with Gasteiger partial charge >= 0.3 is 0 Å². The summed E-state index contributed by atoms with van der Waals surface area (Å²) in [5.41, 5.74) is 1.44. The van der Waals surface area contributed by atoms with Crippen LogP contribution in [0.5, 0.6) is 0 Å². The fourth-order valence-corrected chi connectivity index (χ4v) is 6.84. The zero-order valence-electron chi connectivity index (χ0n) is 19.1. The molecule has 2 aliphatic rings. The standard InChI is InChI=1S/C22H30N4O5S2/c1-16-12-19(31-23-16)15-32-21-7-5-4-6-20(21)22(27)24-8-10-25(11-9-24)33(28,29)26-13-17(2)30-18(3)14-26/h4-7,12,17-18H,8-11,13-15H2,1-3H3. The highest BCUT2D eigenvalue weighted by Gasteiger charge is 2.37. The molecule has 0 radical (unpaired) electrons. The number of benzene rings is 1. The van der Waals surface area contributed by atoms with E-state index in [1.165, 1.54) is 20.4 Å². The highest BCUT2D eigenvalue weighted by atomic mass is 32.2. The molecule has 4 rings (SSSR count). The average Bonchev–Trinajstić information content (AvgIpc) is 3.22. The number of thioether (sulfide) groups is 1. The van der Waals surface area contributed by atoms with Crippen LogP contribution in [0, 0.1) is 6.92 Å². The summed E-state index contributed by atoms with van der Waals surface area (Å²) in [6.45, 7) is 7.60. The second-order valence-corrected chi connectivity index (χ2v) is 11.4. The summed E-state index contributed by atoms with van der Waals surface area (Å²) in [6.07, 6.45) is -0.275. The Kier molecular flexibility index (Phi) is 7.44. The number of piperazine rings is 1. The first-order valence-corrected chi connectivity index (χ1v) is 13.5. The number of amides is 1. The minimum absolute atomic E-state index is 0.0856. The van der Waals surface area contributed by atoms with E-state index >= 15 is 0 Å². The molecule has 0 N–H and O–H groups in total. The Hall–Kier alpha value is -1.92. The van der Waals surface area contributed by atoms with Crippen LogP contribution in [0.4, 0.5) is 0 Å². The van der Waals surface area contributed by atoms with Crippen molar-refractivity contribution < 1.29 is 22.5 Å². The molecule has 3 heterocycles. The van der Waals surface area contributed by atoms with E-state index in [2.05, 4.69) is 5.16 Å². The zero-order chi connectivity index (χ0) is 23.6. The van der Waals surface area contributed by atoms with Gasteiger partial charge in [0, 0.05) is 50.2 Å². The molecule has 1 amide bonds. The van der Waals surface area contributed by atoms with Gasteiger partial charge in [-0.1, -0.05) is 17.3 Å². The number of aryl methyl sites for hydroxylation is 1. The third kappa shape index (κ3) is 5.60. The molecule has 0 bridgehead atoms. The Morgan fingerprint density at radius 2 is 1.76 bits per heavy atom. The lowest BCUT2D eigenvalue weighted by molar-refractivity contribution is -0.0457. The number of hydrogen-bond acceptors (Lipinski definition) is 7. The molecule has 2 unspecified atom stereocenters. The van der Waals surface area contributed by atoms with Crippen LogP contribution in [-0.2, 0) is 20.7 Å². The van der Waals surface area contributed by atoms with E-state index in [1.54, 1.807) is 4.90 Å². The van der Waals surface area contributed by atoms with Crippen LogP contribution in [-0.4, -0.2) is 84.5 Å². The van der Waals surface area contributed by atoms with Crippen molar-refractivity contribution in [3.63, 3.8) is 0 Å². The fourth-order valence-electron chi connectivity index (χ4n) is 4.18. The number of morpholine rings is 1. The molecule has 2 atom stereocenters. The normalized spacial score (nSPS) is 23.1. The lowest BCUT2D eigenvalue weighted by atomic mass is 10.2. The van der Waals surface area contributed by atoms with Gasteiger partial charge in [-0.3, -0.25) is 4.79 Å². The average molecular weight is 495 g/mol. The Morgan fingerprint density at radius 3 is 2.39 bits per heavy atom. The van der Waals surface area contributed by atoms with Crippen LogP contribution < -0.4 is 0 Å². The van der Waals surface area contributed by atoms with Crippen LogP contribution in [0.3, 0.4) is 0 Å². The smallest absolute Gasteiger partial charge is 0.282 e. The lowest BCUT2D eigenvalue weighted by Crippen LogP contribution is -2.57. The zero-order valence-corrected chi connectivity index (χ0v) is 20.8. The first kappa shape index (κ1) is 24.2. The van der Waals surface area contributed by atoms with Crippen molar-refractivity contribution in [1.82, 2.24) is 18.7 Å². The summed E-state index contributed by atoms with van der Waals surface area (Å²) in [7, 11) is -3.58. The Labute approximate surface area is 199 Å². The van der Waals surface area contributed by atoms with Crippen molar-refractivity contribution >= 4 is 27.9 Å². The van der Waals surface area contributed by atoms with Crippen LogP contribution in [0.15, 0.2) is 39.8 Å². The monoisotopic (exact) mass is 494 g/mol. The van der Waals surface area contributed by atoms with Gasteiger partial charge in [0.05, 0.1) is 29.2 Å². The molecule has 2 aromatic rings. The Bertz CT molecular complexity index is 1070. The molecule has 0 saturated carbocycles. The molecule has 11 heteroatoms. The molecule has 2 saturated heterocycles. The molecule has 33 heavy (non-hydrogen) atoms. The largest absolute Gasteiger partial charge is 0.373 e. The van der Waals surface area contributed by atoms with Gasteiger partial charge < -0.3 is 14.2 Å². The van der Waals surface area contributed by atoms with E-state index in [1.807, 2.05) is 51.1 Å². The summed E-state index contributed by atoms with van der Waals surface area (Å²) < 4.78 is 40.2. The summed E-state index contributed by atoms with van der Waals surface area (Å²) in [6, 6.07) is 9.36. The Balaban J connectivity index is 1.38. The van der Waals surface area contributed by atoms with Crippen molar-refractivity contribution in [3.8, 4) is 0 Å². The highest BCUT2D eigenvalue weighted by Crippen LogP contribution is 2.28. The lowest BCUT2D eigenvalue weighted by Gasteiger charge is -2.40. The number of carbonyl (C=O) groups is 1. The molecule has 1 aromatic heterocycles. The number of rotatable bonds is 6. The summed E-state index contributed by atoms with van der Waals surface area (Å²) >= 11 is 1.52. The van der Waals surface area contributed by atoms with E-state index in [0.717, 1.165) is 16.3 Å². The quantitative estimate of drug-likeness (QED) is 0.569. The van der Waals surface area contributed by atoms with Crippen LogP contribution in [0.1, 0.15) is 35.7 Å². The van der Waals surface area contributed by atoms with Crippen molar-refractivity contribution in [1.29, 1.82) is 0 Å². The summed E-state index contributed by atoms with van der Waals surface area (Å²) in [5, 5.41) is 3.90. The third-order valence-electron chi connectivity index (χ3n) is 5.73. The highest BCUT2D eigenvalue weighted by molar-refractivity contribution is 7.98. The number of nitrogens with zero attached hydrogens (tertiary/aromatic N) is 4. The minimum Gasteiger partial charge on any atom is -0.373 e. The van der Waals surface area contributed by atoms with Crippen LogP contribution in [0.2, 0.25) is 0 Å². The van der Waals surface area contributed by atoms with Crippen molar-refractivity contribution in [2.24, 2.45) is 0 Å². The number of hydrogen-bond donors (Lipinski definition) is 0. The molecule has 9 nitrogen and oxygen atoms in total. The van der Waals surface area contributed by atoms with Gasteiger partial charge in [0.15, 0.2) is 0 Å². The first-order valence-electron chi connectivity index (χ1n) is 11.1. The van der Waals surface area contributed by atoms with E-state index < -0.39 is 10.2 Å².